The molecule has 36 heavy (non-hydrogen) atoms. The number of aromatic nitrogens is 3. The van der Waals surface area contributed by atoms with Crippen molar-refractivity contribution in [2.24, 2.45) is 0 Å². The normalized spacial score (nSPS) is 14.9. The van der Waals surface area contributed by atoms with E-state index >= 15 is 0 Å². The molecule has 3 heterocycles. The second-order valence-corrected chi connectivity index (χ2v) is 10.1. The second kappa shape index (κ2) is 11.0. The van der Waals surface area contributed by atoms with Gasteiger partial charge in [-0.15, -0.1) is 11.3 Å². The Hall–Kier alpha value is -3.52. The van der Waals surface area contributed by atoms with E-state index in [2.05, 4.69) is 33.3 Å². The smallest absolute Gasteiger partial charge is 0.260 e. The fourth-order valence-corrected chi connectivity index (χ4v) is 5.23. The summed E-state index contributed by atoms with van der Waals surface area (Å²) in [4.78, 5) is 28.0. The van der Waals surface area contributed by atoms with E-state index in [1.165, 1.54) is 12.8 Å². The Balaban J connectivity index is 1.21. The number of anilines is 1. The molecule has 1 fully saturated rings. The summed E-state index contributed by atoms with van der Waals surface area (Å²) in [5, 5.41) is 3.50. The van der Waals surface area contributed by atoms with Gasteiger partial charge in [-0.05, 0) is 56.5 Å². The minimum atomic E-state index is 0.0314. The van der Waals surface area contributed by atoms with Gasteiger partial charge < -0.3 is 15.0 Å². The van der Waals surface area contributed by atoms with Crippen molar-refractivity contribution in [2.45, 2.75) is 45.6 Å². The first-order valence-corrected chi connectivity index (χ1v) is 13.4. The van der Waals surface area contributed by atoms with E-state index in [1.54, 1.807) is 11.3 Å². The molecule has 8 heteroatoms. The fourth-order valence-electron chi connectivity index (χ4n) is 4.52. The third kappa shape index (κ3) is 5.82. The first kappa shape index (κ1) is 24.2. The van der Waals surface area contributed by atoms with Gasteiger partial charge in [-0.25, -0.2) is 15.0 Å². The van der Waals surface area contributed by atoms with E-state index in [-0.39, 0.29) is 18.6 Å². The maximum Gasteiger partial charge on any atom is 0.260 e. The Morgan fingerprint density at radius 1 is 1.06 bits per heavy atom. The molecule has 1 unspecified atom stereocenters. The van der Waals surface area contributed by atoms with Gasteiger partial charge in [0.25, 0.3) is 5.91 Å². The Kier molecular flexibility index (Phi) is 7.41. The quantitative estimate of drug-likeness (QED) is 0.334. The minimum Gasteiger partial charge on any atom is -0.484 e. The zero-order valence-electron chi connectivity index (χ0n) is 20.7. The number of ether oxygens (including phenoxy) is 1. The number of amides is 1. The Morgan fingerprint density at radius 3 is 2.61 bits per heavy atom. The van der Waals surface area contributed by atoms with Crippen molar-refractivity contribution in [2.75, 3.05) is 25.0 Å². The van der Waals surface area contributed by atoms with E-state index in [0.717, 1.165) is 58.8 Å². The van der Waals surface area contributed by atoms with Gasteiger partial charge in [0.2, 0.25) is 0 Å². The van der Waals surface area contributed by atoms with E-state index in [0.29, 0.717) is 11.6 Å². The molecule has 2 aromatic carbocycles. The van der Waals surface area contributed by atoms with Crippen LogP contribution in [0.5, 0.6) is 5.75 Å². The average molecular weight is 502 g/mol. The zero-order chi connectivity index (χ0) is 24.9. The van der Waals surface area contributed by atoms with Crippen LogP contribution in [-0.2, 0) is 4.79 Å². The molecular weight excluding hydrogens is 470 g/mol. The number of carbonyl (C=O) groups is 1. The van der Waals surface area contributed by atoms with Crippen LogP contribution in [0.4, 0.5) is 5.82 Å². The number of hydrogen-bond acceptors (Lipinski definition) is 7. The SMILES string of the molecule is Cc1nc(NC(C)c2ccc(OCC(=O)N3CCCCCC3)cc2)cc(-c2ccc3ncsc3c2)n1. The maximum atomic E-state index is 12.5. The van der Waals surface area contributed by atoms with Crippen molar-refractivity contribution in [3.63, 3.8) is 0 Å². The van der Waals surface area contributed by atoms with Crippen molar-refractivity contribution < 1.29 is 9.53 Å². The average Bonchev–Trinajstić information content (AvgIpc) is 3.19. The van der Waals surface area contributed by atoms with Crippen LogP contribution in [0.25, 0.3) is 21.5 Å². The van der Waals surface area contributed by atoms with Gasteiger partial charge in [0.05, 0.1) is 21.4 Å². The predicted molar refractivity (Wildman–Crippen MR) is 144 cm³/mol. The molecule has 1 amide bonds. The summed E-state index contributed by atoms with van der Waals surface area (Å²) in [6, 6.07) is 16.1. The summed E-state index contributed by atoms with van der Waals surface area (Å²) >= 11 is 1.63. The van der Waals surface area contributed by atoms with Crippen molar-refractivity contribution in [3.05, 3.63) is 65.4 Å². The van der Waals surface area contributed by atoms with Crippen LogP contribution in [0.2, 0.25) is 0 Å². The highest BCUT2D eigenvalue weighted by molar-refractivity contribution is 7.16. The van der Waals surface area contributed by atoms with Crippen molar-refractivity contribution in [1.82, 2.24) is 19.9 Å². The highest BCUT2D eigenvalue weighted by atomic mass is 32.1. The fraction of sp³-hybridized carbons (Fsp3) is 0.357. The third-order valence-electron chi connectivity index (χ3n) is 6.53. The molecule has 1 atom stereocenters. The van der Waals surface area contributed by atoms with Gasteiger partial charge in [0.15, 0.2) is 6.61 Å². The number of benzene rings is 2. The van der Waals surface area contributed by atoms with Crippen molar-refractivity contribution >= 4 is 33.3 Å². The van der Waals surface area contributed by atoms with Gasteiger partial charge in [-0.2, -0.15) is 0 Å². The summed E-state index contributed by atoms with van der Waals surface area (Å²) in [6.45, 7) is 5.77. The monoisotopic (exact) mass is 501 g/mol. The Bertz CT molecular complexity index is 1330. The first-order valence-electron chi connectivity index (χ1n) is 12.5. The van der Waals surface area contributed by atoms with Gasteiger partial charge in [-0.1, -0.05) is 31.0 Å². The number of carbonyl (C=O) groups excluding carboxylic acids is 1. The van der Waals surface area contributed by atoms with Crippen molar-refractivity contribution in [1.29, 1.82) is 0 Å². The number of aryl methyl sites for hydroxylation is 1. The first-order chi connectivity index (χ1) is 17.5. The second-order valence-electron chi connectivity index (χ2n) is 9.24. The van der Waals surface area contributed by atoms with Gasteiger partial charge in [-0.3, -0.25) is 4.79 Å². The van der Waals surface area contributed by atoms with E-state index in [4.69, 9.17) is 4.74 Å². The molecule has 0 aliphatic carbocycles. The summed E-state index contributed by atoms with van der Waals surface area (Å²) in [7, 11) is 0. The molecule has 7 nitrogen and oxygen atoms in total. The lowest BCUT2D eigenvalue weighted by molar-refractivity contribution is -0.133. The molecule has 1 aliphatic rings. The molecular formula is C28H31N5O2S. The van der Waals surface area contributed by atoms with Crippen molar-refractivity contribution in [3.8, 4) is 17.0 Å². The van der Waals surface area contributed by atoms with Crippen LogP contribution in [-0.4, -0.2) is 45.5 Å². The molecule has 1 saturated heterocycles. The Labute approximate surface area is 215 Å². The standard InChI is InChI=1S/C28H31N5O2S/c1-19(21-7-10-23(11-8-21)35-17-28(34)33-13-5-3-4-6-14-33)30-27-16-25(31-20(2)32-27)22-9-12-24-26(15-22)36-18-29-24/h7-12,15-16,18-19H,3-6,13-14,17H2,1-2H3,(H,30,31,32). The highest BCUT2D eigenvalue weighted by Gasteiger charge is 2.16. The molecule has 4 aromatic rings. The molecule has 0 saturated carbocycles. The van der Waals surface area contributed by atoms with E-state index in [9.17, 15) is 4.79 Å². The lowest BCUT2D eigenvalue weighted by Crippen LogP contribution is -2.35. The van der Waals surface area contributed by atoms with Crippen LogP contribution in [0, 0.1) is 6.92 Å². The lowest BCUT2D eigenvalue weighted by atomic mass is 10.1. The molecule has 1 N–H and O–H groups in total. The number of fused-ring (bicyclic) bond motifs is 1. The van der Waals surface area contributed by atoms with Gasteiger partial charge in [0, 0.05) is 30.8 Å². The topological polar surface area (TPSA) is 80.2 Å². The van der Waals surface area contributed by atoms with Gasteiger partial charge in [0.1, 0.15) is 17.4 Å². The maximum absolute atomic E-state index is 12.5. The number of nitrogens with zero attached hydrogens (tertiary/aromatic N) is 4. The number of nitrogens with one attached hydrogen (secondary N) is 1. The minimum absolute atomic E-state index is 0.0314. The van der Waals surface area contributed by atoms with E-state index in [1.807, 2.05) is 59.8 Å². The van der Waals surface area contributed by atoms with E-state index < -0.39 is 0 Å². The molecule has 0 spiro atoms. The largest absolute Gasteiger partial charge is 0.484 e. The zero-order valence-corrected chi connectivity index (χ0v) is 21.6. The summed E-state index contributed by atoms with van der Waals surface area (Å²) in [6.07, 6.45) is 4.58. The van der Waals surface area contributed by atoms with Crippen LogP contribution in [0.3, 0.4) is 0 Å². The summed E-state index contributed by atoms with van der Waals surface area (Å²) in [5.74, 6) is 2.26. The van der Waals surface area contributed by atoms with Crippen LogP contribution in [0.1, 0.15) is 50.0 Å². The third-order valence-corrected chi connectivity index (χ3v) is 7.32. The molecule has 186 valence electrons. The van der Waals surface area contributed by atoms with Crippen LogP contribution >= 0.6 is 11.3 Å². The predicted octanol–water partition coefficient (Wildman–Crippen LogP) is 6.02. The molecule has 5 rings (SSSR count). The molecule has 2 aromatic heterocycles. The summed E-state index contributed by atoms with van der Waals surface area (Å²) in [5.41, 5.74) is 5.89. The van der Waals surface area contributed by atoms with Gasteiger partial charge >= 0.3 is 0 Å². The number of hydrogen-bond donors (Lipinski definition) is 1. The number of thiazole rings is 1. The number of likely N-dealkylation sites (tertiary alicyclic amines) is 1. The molecule has 1 aliphatic heterocycles. The Morgan fingerprint density at radius 2 is 1.83 bits per heavy atom. The highest BCUT2D eigenvalue weighted by Crippen LogP contribution is 2.28. The van der Waals surface area contributed by atoms with Crippen LogP contribution in [0.15, 0.2) is 54.0 Å². The molecule has 0 radical (unpaired) electrons. The number of rotatable bonds is 7. The summed E-state index contributed by atoms with van der Waals surface area (Å²) < 4.78 is 6.92. The lowest BCUT2D eigenvalue weighted by Gasteiger charge is -2.20. The molecule has 0 bridgehead atoms. The van der Waals surface area contributed by atoms with Crippen LogP contribution < -0.4 is 10.1 Å².